The highest BCUT2D eigenvalue weighted by Gasteiger charge is 2.33. The average molecular weight is 249 g/mol. The molecule has 0 saturated heterocycles. The van der Waals surface area contributed by atoms with Crippen LogP contribution in [-0.2, 0) is 6.54 Å². The third-order valence-electron chi connectivity index (χ3n) is 3.39. The topological polar surface area (TPSA) is 41.5 Å². The highest BCUT2D eigenvalue weighted by Crippen LogP contribution is 2.30. The van der Waals surface area contributed by atoms with Crippen molar-refractivity contribution in [2.75, 3.05) is 6.54 Å². The molecule has 1 aliphatic rings. The molecule has 18 heavy (non-hydrogen) atoms. The van der Waals surface area contributed by atoms with E-state index in [9.17, 15) is 5.11 Å². The molecule has 1 aromatic carbocycles. The van der Waals surface area contributed by atoms with Gasteiger partial charge in [-0.3, -0.25) is 0 Å². The predicted octanol–water partition coefficient (Wildman–Crippen LogP) is 2.48. The number of ether oxygens (including phenoxy) is 1. The Morgan fingerprint density at radius 3 is 2.67 bits per heavy atom. The van der Waals surface area contributed by atoms with E-state index < -0.39 is 5.60 Å². The summed E-state index contributed by atoms with van der Waals surface area (Å²) in [6.45, 7) is 5.47. The molecule has 0 radical (unpaired) electrons. The second-order valence-electron chi connectivity index (χ2n) is 5.46. The van der Waals surface area contributed by atoms with Gasteiger partial charge >= 0.3 is 0 Å². The molecular weight excluding hydrogens is 226 g/mol. The van der Waals surface area contributed by atoms with E-state index in [1.165, 1.54) is 0 Å². The maximum atomic E-state index is 10.0. The molecule has 0 bridgehead atoms. The van der Waals surface area contributed by atoms with Gasteiger partial charge in [-0.05, 0) is 39.2 Å². The Hall–Kier alpha value is -1.06. The van der Waals surface area contributed by atoms with E-state index in [1.54, 1.807) is 0 Å². The first-order valence-corrected chi connectivity index (χ1v) is 6.77. The van der Waals surface area contributed by atoms with Crippen LogP contribution in [0.4, 0.5) is 0 Å². The van der Waals surface area contributed by atoms with Gasteiger partial charge in [0.25, 0.3) is 0 Å². The quantitative estimate of drug-likeness (QED) is 0.814. The van der Waals surface area contributed by atoms with Gasteiger partial charge in [-0.1, -0.05) is 18.2 Å². The number of hydrogen-bond acceptors (Lipinski definition) is 3. The molecule has 0 unspecified atom stereocenters. The average Bonchev–Trinajstić information content (AvgIpc) is 2.28. The Morgan fingerprint density at radius 2 is 2.06 bits per heavy atom. The number of rotatable bonds is 6. The zero-order valence-electron chi connectivity index (χ0n) is 11.3. The van der Waals surface area contributed by atoms with Crippen molar-refractivity contribution < 1.29 is 9.84 Å². The van der Waals surface area contributed by atoms with Crippen LogP contribution in [0.3, 0.4) is 0 Å². The summed E-state index contributed by atoms with van der Waals surface area (Å²) in [6, 6.07) is 8.06. The van der Waals surface area contributed by atoms with Crippen LogP contribution >= 0.6 is 0 Å². The van der Waals surface area contributed by atoms with Crippen molar-refractivity contribution in [3.63, 3.8) is 0 Å². The van der Waals surface area contributed by atoms with E-state index >= 15 is 0 Å². The molecule has 3 heteroatoms. The van der Waals surface area contributed by atoms with Gasteiger partial charge in [0.05, 0.1) is 11.7 Å². The zero-order valence-corrected chi connectivity index (χ0v) is 11.3. The van der Waals surface area contributed by atoms with Crippen molar-refractivity contribution in [3.8, 4) is 5.75 Å². The zero-order chi connectivity index (χ0) is 13.0. The van der Waals surface area contributed by atoms with Gasteiger partial charge in [0.1, 0.15) is 5.75 Å². The van der Waals surface area contributed by atoms with Crippen molar-refractivity contribution in [2.45, 2.75) is 51.4 Å². The smallest absolute Gasteiger partial charge is 0.124 e. The molecule has 0 atom stereocenters. The molecule has 1 fully saturated rings. The molecule has 1 aromatic rings. The SMILES string of the molecule is CC(C)Oc1ccccc1CNCC1(O)CCC1. The standard InChI is InChI=1S/C15H23NO2/c1-12(2)18-14-7-4-3-6-13(14)10-16-11-15(17)8-5-9-15/h3-4,6-7,12,16-17H,5,8-11H2,1-2H3. The maximum Gasteiger partial charge on any atom is 0.124 e. The second-order valence-corrected chi connectivity index (χ2v) is 5.46. The lowest BCUT2D eigenvalue weighted by Crippen LogP contribution is -2.46. The van der Waals surface area contributed by atoms with Crippen LogP contribution in [0.25, 0.3) is 0 Å². The van der Waals surface area contributed by atoms with Gasteiger partial charge in [0, 0.05) is 18.7 Å². The molecule has 0 aromatic heterocycles. The molecule has 1 aliphatic carbocycles. The lowest BCUT2D eigenvalue weighted by Gasteiger charge is -2.36. The molecule has 0 spiro atoms. The maximum absolute atomic E-state index is 10.0. The summed E-state index contributed by atoms with van der Waals surface area (Å²) in [5.74, 6) is 0.931. The number of hydrogen-bond donors (Lipinski definition) is 2. The van der Waals surface area contributed by atoms with E-state index in [0.717, 1.165) is 37.1 Å². The largest absolute Gasteiger partial charge is 0.491 e. The Labute approximate surface area is 109 Å². The van der Waals surface area contributed by atoms with Gasteiger partial charge < -0.3 is 15.2 Å². The van der Waals surface area contributed by atoms with E-state index in [0.29, 0.717) is 6.54 Å². The molecule has 1 saturated carbocycles. The van der Waals surface area contributed by atoms with Gasteiger partial charge in [-0.25, -0.2) is 0 Å². The van der Waals surface area contributed by atoms with Crippen molar-refractivity contribution in [1.29, 1.82) is 0 Å². The lowest BCUT2D eigenvalue weighted by molar-refractivity contribution is -0.0315. The Balaban J connectivity index is 1.88. The van der Waals surface area contributed by atoms with Gasteiger partial charge in [-0.2, -0.15) is 0 Å². The van der Waals surface area contributed by atoms with Crippen molar-refractivity contribution in [2.24, 2.45) is 0 Å². The van der Waals surface area contributed by atoms with Crippen LogP contribution in [-0.4, -0.2) is 23.4 Å². The molecule has 0 aliphatic heterocycles. The number of aliphatic hydroxyl groups is 1. The highest BCUT2D eigenvalue weighted by molar-refractivity contribution is 5.33. The molecule has 0 heterocycles. The van der Waals surface area contributed by atoms with E-state index in [4.69, 9.17) is 4.74 Å². The van der Waals surface area contributed by atoms with E-state index in [1.807, 2.05) is 32.0 Å². The summed E-state index contributed by atoms with van der Waals surface area (Å²) in [5.41, 5.74) is 0.683. The van der Waals surface area contributed by atoms with Gasteiger partial charge in [-0.15, -0.1) is 0 Å². The van der Waals surface area contributed by atoms with Crippen LogP contribution in [0, 0.1) is 0 Å². The minimum absolute atomic E-state index is 0.182. The fourth-order valence-electron chi connectivity index (χ4n) is 2.21. The van der Waals surface area contributed by atoms with Crippen LogP contribution in [0.1, 0.15) is 38.7 Å². The molecule has 2 N–H and O–H groups in total. The normalized spacial score (nSPS) is 17.6. The Morgan fingerprint density at radius 1 is 1.33 bits per heavy atom. The predicted molar refractivity (Wildman–Crippen MR) is 72.7 cm³/mol. The first-order chi connectivity index (χ1) is 8.59. The van der Waals surface area contributed by atoms with Crippen LogP contribution < -0.4 is 10.1 Å². The van der Waals surface area contributed by atoms with Gasteiger partial charge in [0.2, 0.25) is 0 Å². The summed E-state index contributed by atoms with van der Waals surface area (Å²) in [6.07, 6.45) is 3.17. The summed E-state index contributed by atoms with van der Waals surface area (Å²) < 4.78 is 5.77. The van der Waals surface area contributed by atoms with Crippen LogP contribution in [0.15, 0.2) is 24.3 Å². The third-order valence-corrected chi connectivity index (χ3v) is 3.39. The summed E-state index contributed by atoms with van der Waals surface area (Å²) >= 11 is 0. The first-order valence-electron chi connectivity index (χ1n) is 6.77. The minimum atomic E-state index is -0.464. The monoisotopic (exact) mass is 249 g/mol. The number of benzene rings is 1. The Kier molecular flexibility index (Phi) is 4.25. The summed E-state index contributed by atoms with van der Waals surface area (Å²) in [4.78, 5) is 0. The van der Waals surface area contributed by atoms with E-state index in [2.05, 4.69) is 11.4 Å². The lowest BCUT2D eigenvalue weighted by atomic mass is 9.80. The van der Waals surface area contributed by atoms with Gasteiger partial charge in [0.15, 0.2) is 0 Å². The van der Waals surface area contributed by atoms with Crippen LogP contribution in [0.5, 0.6) is 5.75 Å². The first kappa shape index (κ1) is 13.4. The molecule has 2 rings (SSSR count). The molecule has 100 valence electrons. The second kappa shape index (κ2) is 5.72. The molecule has 3 nitrogen and oxygen atoms in total. The number of nitrogens with one attached hydrogen (secondary N) is 1. The fraction of sp³-hybridized carbons (Fsp3) is 0.600. The third kappa shape index (κ3) is 3.47. The highest BCUT2D eigenvalue weighted by atomic mass is 16.5. The summed E-state index contributed by atoms with van der Waals surface area (Å²) in [5, 5.41) is 13.3. The van der Waals surface area contributed by atoms with E-state index in [-0.39, 0.29) is 6.10 Å². The van der Waals surface area contributed by atoms with Crippen LogP contribution in [0.2, 0.25) is 0 Å². The summed E-state index contributed by atoms with van der Waals surface area (Å²) in [7, 11) is 0. The van der Waals surface area contributed by atoms with Crippen molar-refractivity contribution >= 4 is 0 Å². The molecular formula is C15H23NO2. The van der Waals surface area contributed by atoms with Crippen molar-refractivity contribution in [1.82, 2.24) is 5.32 Å². The Bertz CT molecular complexity index is 386. The number of para-hydroxylation sites is 1. The fourth-order valence-corrected chi connectivity index (χ4v) is 2.21. The van der Waals surface area contributed by atoms with Crippen molar-refractivity contribution in [3.05, 3.63) is 29.8 Å². The molecule has 0 amide bonds. The minimum Gasteiger partial charge on any atom is -0.491 e.